The highest BCUT2D eigenvalue weighted by atomic mass is 32.1. The van der Waals surface area contributed by atoms with Gasteiger partial charge in [0, 0.05) is 39.5 Å². The molecule has 106 valence electrons. The number of nitrogens with two attached hydrogens (primary N) is 1. The molecule has 1 aromatic heterocycles. The number of amides is 1. The quantitative estimate of drug-likeness (QED) is 0.713. The second-order valence-electron chi connectivity index (χ2n) is 4.66. The van der Waals surface area contributed by atoms with Crippen LogP contribution < -0.4 is 5.73 Å². The number of hydrogen-bond donors (Lipinski definition) is 1. The van der Waals surface area contributed by atoms with Gasteiger partial charge in [-0.3, -0.25) is 9.69 Å². The van der Waals surface area contributed by atoms with E-state index in [1.54, 1.807) is 18.1 Å². The van der Waals surface area contributed by atoms with Crippen molar-refractivity contribution in [3.05, 3.63) is 18.2 Å². The van der Waals surface area contributed by atoms with Gasteiger partial charge in [0.05, 0.1) is 18.1 Å². The number of imidazole rings is 1. The molecule has 0 atom stereocenters. The summed E-state index contributed by atoms with van der Waals surface area (Å²) in [5.74, 6) is 0.981. The Kier molecular flexibility index (Phi) is 5.91. The molecule has 0 bridgehead atoms. The summed E-state index contributed by atoms with van der Waals surface area (Å²) in [6, 6.07) is 0. The van der Waals surface area contributed by atoms with E-state index in [-0.39, 0.29) is 5.91 Å². The molecule has 0 spiro atoms. The van der Waals surface area contributed by atoms with Crippen molar-refractivity contribution >= 4 is 23.1 Å². The van der Waals surface area contributed by atoms with Gasteiger partial charge in [-0.2, -0.15) is 0 Å². The molecular formula is C12H21N5OS. The minimum atomic E-state index is 0.0490. The lowest BCUT2D eigenvalue weighted by Gasteiger charge is -2.21. The molecule has 19 heavy (non-hydrogen) atoms. The van der Waals surface area contributed by atoms with Gasteiger partial charge in [-0.25, -0.2) is 4.98 Å². The van der Waals surface area contributed by atoms with E-state index in [9.17, 15) is 4.79 Å². The summed E-state index contributed by atoms with van der Waals surface area (Å²) in [7, 11) is 5.59. The van der Waals surface area contributed by atoms with Gasteiger partial charge >= 0.3 is 0 Å². The largest absolute Gasteiger partial charge is 0.393 e. The Bertz CT molecular complexity index is 445. The van der Waals surface area contributed by atoms with E-state index in [4.69, 9.17) is 18.0 Å². The maximum absolute atomic E-state index is 12.0. The van der Waals surface area contributed by atoms with Gasteiger partial charge in [0.2, 0.25) is 5.91 Å². The van der Waals surface area contributed by atoms with Crippen molar-refractivity contribution in [3.63, 3.8) is 0 Å². The van der Waals surface area contributed by atoms with Crippen LogP contribution in [0.2, 0.25) is 0 Å². The number of likely N-dealkylation sites (N-methyl/N-ethyl adjacent to an activating group) is 2. The molecule has 2 N–H and O–H groups in total. The Morgan fingerprint density at radius 3 is 2.74 bits per heavy atom. The van der Waals surface area contributed by atoms with Gasteiger partial charge in [-0.1, -0.05) is 12.2 Å². The number of rotatable bonds is 7. The molecule has 1 aromatic rings. The van der Waals surface area contributed by atoms with E-state index in [1.807, 2.05) is 29.8 Å². The van der Waals surface area contributed by atoms with Crippen LogP contribution in [0, 0.1) is 0 Å². The molecule has 0 aliphatic carbocycles. The number of aromatic nitrogens is 2. The summed E-state index contributed by atoms with van der Waals surface area (Å²) >= 11 is 4.80. The fourth-order valence-electron chi connectivity index (χ4n) is 1.60. The third kappa shape index (κ3) is 5.35. The van der Waals surface area contributed by atoms with Crippen LogP contribution in [0.5, 0.6) is 0 Å². The van der Waals surface area contributed by atoms with Crippen LogP contribution in [0.1, 0.15) is 12.2 Å². The average Bonchev–Trinajstić information content (AvgIpc) is 2.71. The third-order valence-corrected chi connectivity index (χ3v) is 3.06. The lowest BCUT2D eigenvalue weighted by Crippen LogP contribution is -2.38. The minimum Gasteiger partial charge on any atom is -0.393 e. The number of nitrogens with zero attached hydrogens (tertiary/aromatic N) is 4. The van der Waals surface area contributed by atoms with E-state index in [1.165, 1.54) is 0 Å². The summed E-state index contributed by atoms with van der Waals surface area (Å²) in [6.07, 6.45) is 4.19. The summed E-state index contributed by atoms with van der Waals surface area (Å²) in [4.78, 5) is 20.2. The molecule has 0 fully saturated rings. The van der Waals surface area contributed by atoms with Crippen LogP contribution >= 0.6 is 12.2 Å². The van der Waals surface area contributed by atoms with Crippen LogP contribution in [0.4, 0.5) is 0 Å². The van der Waals surface area contributed by atoms with Crippen molar-refractivity contribution in [2.24, 2.45) is 12.8 Å². The molecular weight excluding hydrogens is 262 g/mol. The van der Waals surface area contributed by atoms with Gasteiger partial charge in [0.1, 0.15) is 5.82 Å². The zero-order chi connectivity index (χ0) is 14.4. The molecule has 1 heterocycles. The Morgan fingerprint density at radius 2 is 2.21 bits per heavy atom. The maximum atomic E-state index is 12.0. The predicted octanol–water partition coefficient (Wildman–Crippen LogP) is -0.0135. The zero-order valence-corrected chi connectivity index (χ0v) is 12.5. The SMILES string of the molecule is CN(CC(=O)N(C)CCC(N)=S)Cc1nccn1C. The van der Waals surface area contributed by atoms with E-state index in [0.717, 1.165) is 5.82 Å². The van der Waals surface area contributed by atoms with Gasteiger partial charge in [-0.15, -0.1) is 0 Å². The molecule has 1 rings (SSSR count). The van der Waals surface area contributed by atoms with Crippen LogP contribution in [0.25, 0.3) is 0 Å². The second-order valence-corrected chi connectivity index (χ2v) is 5.18. The third-order valence-electron chi connectivity index (χ3n) is 2.86. The molecule has 0 saturated carbocycles. The maximum Gasteiger partial charge on any atom is 0.236 e. The molecule has 7 heteroatoms. The molecule has 6 nitrogen and oxygen atoms in total. The van der Waals surface area contributed by atoms with Crippen LogP contribution in [0.3, 0.4) is 0 Å². The first-order valence-electron chi connectivity index (χ1n) is 6.07. The summed E-state index contributed by atoms with van der Waals surface area (Å²) in [6.45, 7) is 1.55. The van der Waals surface area contributed by atoms with Crippen molar-refractivity contribution in [1.82, 2.24) is 19.4 Å². The molecule has 0 saturated heterocycles. The minimum absolute atomic E-state index is 0.0490. The van der Waals surface area contributed by atoms with Crippen molar-refractivity contribution in [1.29, 1.82) is 0 Å². The molecule has 0 unspecified atom stereocenters. The fourth-order valence-corrected chi connectivity index (χ4v) is 1.69. The number of thiocarbonyl (C=S) groups is 1. The Balaban J connectivity index is 2.39. The van der Waals surface area contributed by atoms with Crippen molar-refractivity contribution in [3.8, 4) is 0 Å². The lowest BCUT2D eigenvalue weighted by molar-refractivity contribution is -0.130. The van der Waals surface area contributed by atoms with Crippen molar-refractivity contribution < 1.29 is 4.79 Å². The first kappa shape index (κ1) is 15.6. The predicted molar refractivity (Wildman–Crippen MR) is 78.6 cm³/mol. The highest BCUT2D eigenvalue weighted by Gasteiger charge is 2.13. The number of aryl methyl sites for hydroxylation is 1. The van der Waals surface area contributed by atoms with E-state index in [0.29, 0.717) is 31.0 Å². The highest BCUT2D eigenvalue weighted by molar-refractivity contribution is 7.80. The van der Waals surface area contributed by atoms with Crippen LogP contribution in [-0.4, -0.2) is 57.4 Å². The first-order chi connectivity index (χ1) is 8.90. The standard InChI is InChI=1S/C12H21N5OS/c1-15(8-11-14-5-7-16(11)2)9-12(18)17(3)6-4-10(13)19/h5,7H,4,6,8-9H2,1-3H3,(H2,13,19). The van der Waals surface area contributed by atoms with E-state index >= 15 is 0 Å². The highest BCUT2D eigenvalue weighted by Crippen LogP contribution is 2.00. The molecule has 0 aliphatic rings. The Morgan fingerprint density at radius 1 is 1.53 bits per heavy atom. The van der Waals surface area contributed by atoms with E-state index < -0.39 is 0 Å². The molecule has 0 aromatic carbocycles. The second kappa shape index (κ2) is 7.20. The number of carbonyl (C=O) groups excluding carboxylic acids is 1. The number of hydrogen-bond acceptors (Lipinski definition) is 4. The lowest BCUT2D eigenvalue weighted by atomic mass is 10.3. The summed E-state index contributed by atoms with van der Waals surface area (Å²) < 4.78 is 1.94. The normalized spacial score (nSPS) is 10.7. The van der Waals surface area contributed by atoms with Crippen molar-refractivity contribution in [2.75, 3.05) is 27.2 Å². The van der Waals surface area contributed by atoms with Crippen LogP contribution in [-0.2, 0) is 18.4 Å². The molecule has 0 radical (unpaired) electrons. The van der Waals surface area contributed by atoms with Gasteiger partial charge in [-0.05, 0) is 7.05 Å². The fraction of sp³-hybridized carbons (Fsp3) is 0.583. The van der Waals surface area contributed by atoms with Gasteiger partial charge in [0.15, 0.2) is 0 Å². The summed E-state index contributed by atoms with van der Waals surface area (Å²) in [5.41, 5.74) is 5.42. The van der Waals surface area contributed by atoms with Gasteiger partial charge < -0.3 is 15.2 Å². The van der Waals surface area contributed by atoms with Crippen LogP contribution in [0.15, 0.2) is 12.4 Å². The Hall–Kier alpha value is -1.47. The molecule has 1 amide bonds. The average molecular weight is 283 g/mol. The Labute approximate surface area is 119 Å². The van der Waals surface area contributed by atoms with Gasteiger partial charge in [0.25, 0.3) is 0 Å². The monoisotopic (exact) mass is 283 g/mol. The first-order valence-corrected chi connectivity index (χ1v) is 6.48. The number of carbonyl (C=O) groups is 1. The van der Waals surface area contributed by atoms with E-state index in [2.05, 4.69) is 4.98 Å². The summed E-state index contributed by atoms with van der Waals surface area (Å²) in [5, 5.41) is 0. The topological polar surface area (TPSA) is 67.4 Å². The van der Waals surface area contributed by atoms with Crippen molar-refractivity contribution in [2.45, 2.75) is 13.0 Å². The zero-order valence-electron chi connectivity index (χ0n) is 11.7. The molecule has 0 aliphatic heterocycles. The smallest absolute Gasteiger partial charge is 0.236 e.